The number of nitrogens with zero attached hydrogens (tertiary/aromatic N) is 4. The highest BCUT2D eigenvalue weighted by Crippen LogP contribution is 2.30. The maximum atomic E-state index is 10.4. The molecule has 24 heavy (non-hydrogen) atoms. The number of rotatable bonds is 5. The number of anilines is 1. The topological polar surface area (TPSA) is 86.8 Å². The summed E-state index contributed by atoms with van der Waals surface area (Å²) in [6.45, 7) is 2.06. The molecule has 1 aromatic carbocycles. The minimum absolute atomic E-state index is 0.0100. The number of hydrogen-bond donors (Lipinski definition) is 2. The van der Waals surface area contributed by atoms with Crippen LogP contribution < -0.4 is 4.72 Å². The van der Waals surface area contributed by atoms with Crippen LogP contribution in [0.25, 0.3) is 16.9 Å². The van der Waals surface area contributed by atoms with E-state index in [-0.39, 0.29) is 5.88 Å². The summed E-state index contributed by atoms with van der Waals surface area (Å²) in [7, 11) is 0. The van der Waals surface area contributed by atoms with Crippen molar-refractivity contribution in [3.05, 3.63) is 54.4 Å². The molecule has 2 N–H and O–H groups in total. The summed E-state index contributed by atoms with van der Waals surface area (Å²) in [6, 6.07) is 12.7. The summed E-state index contributed by atoms with van der Waals surface area (Å²) in [5, 5.41) is 23.5. The van der Waals surface area contributed by atoms with Gasteiger partial charge in [-0.25, -0.2) is 4.98 Å². The molecule has 0 radical (unpaired) electrons. The molecule has 0 aliphatic rings. The van der Waals surface area contributed by atoms with Gasteiger partial charge in [-0.15, -0.1) is 0 Å². The Kier molecular flexibility index (Phi) is 4.68. The lowest BCUT2D eigenvalue weighted by atomic mass is 10.1. The maximum Gasteiger partial charge on any atom is 0.223 e. The molecular weight excluding hydrogens is 322 g/mol. The van der Waals surface area contributed by atoms with Gasteiger partial charge in [0.15, 0.2) is 5.82 Å². The number of benzene rings is 1. The lowest BCUT2D eigenvalue weighted by Crippen LogP contribution is -1.99. The van der Waals surface area contributed by atoms with Crippen LogP contribution in [0.1, 0.15) is 12.5 Å². The highest BCUT2D eigenvalue weighted by atomic mass is 32.2. The van der Waals surface area contributed by atoms with E-state index in [2.05, 4.69) is 27.8 Å². The van der Waals surface area contributed by atoms with Crippen molar-refractivity contribution in [1.82, 2.24) is 14.8 Å². The minimum atomic E-state index is 0.0100. The molecule has 0 atom stereocenters. The third-order valence-electron chi connectivity index (χ3n) is 3.37. The maximum absolute atomic E-state index is 10.4. The van der Waals surface area contributed by atoms with Crippen molar-refractivity contribution in [1.29, 1.82) is 5.26 Å². The molecule has 2 aromatic heterocycles. The van der Waals surface area contributed by atoms with Crippen LogP contribution >= 0.6 is 11.9 Å². The zero-order valence-electron chi connectivity index (χ0n) is 13.0. The zero-order chi connectivity index (χ0) is 16.9. The van der Waals surface area contributed by atoms with Gasteiger partial charge in [0.05, 0.1) is 35.3 Å². The Labute approximate surface area is 143 Å². The second-order valence-electron chi connectivity index (χ2n) is 4.92. The highest BCUT2D eigenvalue weighted by molar-refractivity contribution is 8.00. The first kappa shape index (κ1) is 15.9. The Bertz CT molecular complexity index is 865. The van der Waals surface area contributed by atoms with Gasteiger partial charge < -0.3 is 9.83 Å². The Balaban J connectivity index is 1.87. The normalized spacial score (nSPS) is 10.3. The van der Waals surface area contributed by atoms with E-state index in [1.807, 2.05) is 6.07 Å². The van der Waals surface area contributed by atoms with E-state index >= 15 is 0 Å². The van der Waals surface area contributed by atoms with Crippen molar-refractivity contribution in [2.45, 2.75) is 6.92 Å². The van der Waals surface area contributed by atoms with Crippen molar-refractivity contribution in [2.75, 3.05) is 10.5 Å². The summed E-state index contributed by atoms with van der Waals surface area (Å²) in [4.78, 5) is 4.32. The van der Waals surface area contributed by atoms with Crippen LogP contribution in [-0.2, 0) is 0 Å². The van der Waals surface area contributed by atoms with E-state index in [0.717, 1.165) is 17.0 Å². The number of hydrogen-bond acceptors (Lipinski definition) is 6. The first-order chi connectivity index (χ1) is 11.7. The van der Waals surface area contributed by atoms with E-state index < -0.39 is 0 Å². The number of aromatic hydroxyl groups is 1. The second kappa shape index (κ2) is 7.06. The van der Waals surface area contributed by atoms with Crippen molar-refractivity contribution < 1.29 is 5.11 Å². The molecule has 7 heteroatoms. The van der Waals surface area contributed by atoms with E-state index in [1.165, 1.54) is 4.68 Å². The second-order valence-corrected chi connectivity index (χ2v) is 5.99. The Morgan fingerprint density at radius 3 is 2.62 bits per heavy atom. The molecule has 6 nitrogen and oxygen atoms in total. The molecule has 3 rings (SSSR count). The van der Waals surface area contributed by atoms with Crippen molar-refractivity contribution >= 4 is 17.6 Å². The Morgan fingerprint density at radius 1 is 1.21 bits per heavy atom. The smallest absolute Gasteiger partial charge is 0.223 e. The van der Waals surface area contributed by atoms with Crippen LogP contribution in [0.5, 0.6) is 5.88 Å². The molecule has 0 fully saturated rings. The minimum Gasteiger partial charge on any atom is -0.493 e. The lowest BCUT2D eigenvalue weighted by molar-refractivity contribution is 0.433. The highest BCUT2D eigenvalue weighted by Gasteiger charge is 2.13. The van der Waals surface area contributed by atoms with Crippen molar-refractivity contribution in [2.24, 2.45) is 0 Å². The largest absolute Gasteiger partial charge is 0.493 e. The lowest BCUT2D eigenvalue weighted by Gasteiger charge is -2.06. The number of aromatic nitrogens is 3. The molecular formula is C17H15N5OS. The Hall–Kier alpha value is -2.98. The molecule has 0 saturated heterocycles. The fourth-order valence-electron chi connectivity index (χ4n) is 2.16. The summed E-state index contributed by atoms with van der Waals surface area (Å²) >= 11 is 1.59. The summed E-state index contributed by atoms with van der Waals surface area (Å²) in [5.74, 6) is 1.49. The summed E-state index contributed by atoms with van der Waals surface area (Å²) in [6.07, 6.45) is 3.28. The first-order valence-corrected chi connectivity index (χ1v) is 8.33. The van der Waals surface area contributed by atoms with Gasteiger partial charge in [0.1, 0.15) is 0 Å². The number of nitrogens with one attached hydrogen (secondary N) is 1. The van der Waals surface area contributed by atoms with Crippen molar-refractivity contribution in [3.63, 3.8) is 0 Å². The fraction of sp³-hybridized carbons (Fsp3) is 0.118. The molecule has 0 aliphatic heterocycles. The van der Waals surface area contributed by atoms with Gasteiger partial charge in [0.2, 0.25) is 5.88 Å². The van der Waals surface area contributed by atoms with Crippen LogP contribution in [0, 0.1) is 11.3 Å². The molecule has 3 aromatic rings. The Morgan fingerprint density at radius 2 is 2.00 bits per heavy atom. The van der Waals surface area contributed by atoms with E-state index in [9.17, 15) is 5.11 Å². The average Bonchev–Trinajstić information content (AvgIpc) is 3.02. The average molecular weight is 337 g/mol. The van der Waals surface area contributed by atoms with Gasteiger partial charge in [-0.3, -0.25) is 0 Å². The molecule has 0 amide bonds. The zero-order valence-corrected chi connectivity index (χ0v) is 13.8. The monoisotopic (exact) mass is 337 g/mol. The molecule has 0 spiro atoms. The van der Waals surface area contributed by atoms with E-state index in [0.29, 0.717) is 16.9 Å². The predicted molar refractivity (Wildman–Crippen MR) is 94.9 cm³/mol. The third kappa shape index (κ3) is 3.19. The van der Waals surface area contributed by atoms with Crippen LogP contribution in [0.4, 0.5) is 5.69 Å². The van der Waals surface area contributed by atoms with Gasteiger partial charge in [-0.2, -0.15) is 15.0 Å². The quantitative estimate of drug-likeness (QED) is 0.692. The van der Waals surface area contributed by atoms with Crippen molar-refractivity contribution in [3.8, 4) is 28.9 Å². The molecule has 2 heterocycles. The fourth-order valence-corrected chi connectivity index (χ4v) is 2.60. The molecule has 0 bridgehead atoms. The molecule has 0 saturated carbocycles. The molecule has 120 valence electrons. The van der Waals surface area contributed by atoms with Gasteiger partial charge in [0.25, 0.3) is 0 Å². The van der Waals surface area contributed by atoms with E-state index in [1.54, 1.807) is 54.7 Å². The number of pyridine rings is 1. The number of nitriles is 1. The predicted octanol–water partition coefficient (Wildman–Crippen LogP) is 3.59. The van der Waals surface area contributed by atoms with Crippen LogP contribution in [-0.4, -0.2) is 25.6 Å². The summed E-state index contributed by atoms with van der Waals surface area (Å²) < 4.78 is 4.54. The standard InChI is InChI=1S/C17H15N5OS/c1-2-24-21-14-7-8-16(19-10-14)22-17(23)15(11-20-22)13-5-3-12(9-18)4-6-13/h3-8,10-11,21,23H,2H2,1H3. The van der Waals surface area contributed by atoms with E-state index in [4.69, 9.17) is 5.26 Å². The summed E-state index contributed by atoms with van der Waals surface area (Å²) in [5.41, 5.74) is 2.84. The molecule has 0 unspecified atom stereocenters. The van der Waals surface area contributed by atoms with Gasteiger partial charge in [-0.05, 0) is 29.8 Å². The van der Waals surface area contributed by atoms with Gasteiger partial charge in [-0.1, -0.05) is 31.0 Å². The third-order valence-corrected chi connectivity index (χ3v) is 4.04. The molecule has 0 aliphatic carbocycles. The van der Waals surface area contributed by atoms with Crippen LogP contribution in [0.15, 0.2) is 48.8 Å². The van der Waals surface area contributed by atoms with Gasteiger partial charge in [0, 0.05) is 5.75 Å². The van der Waals surface area contributed by atoms with Crippen LogP contribution in [0.2, 0.25) is 0 Å². The van der Waals surface area contributed by atoms with Gasteiger partial charge >= 0.3 is 0 Å². The van der Waals surface area contributed by atoms with Crippen LogP contribution in [0.3, 0.4) is 0 Å². The first-order valence-electron chi connectivity index (χ1n) is 7.34. The SMILES string of the molecule is CCSNc1ccc(-n2ncc(-c3ccc(C#N)cc3)c2O)nc1.